The molecule has 20 heavy (non-hydrogen) atoms. The van der Waals surface area contributed by atoms with E-state index < -0.39 is 11.7 Å². The minimum absolute atomic E-state index is 0.0611. The van der Waals surface area contributed by atoms with Crippen LogP contribution in [0.1, 0.15) is 26.9 Å². The monoisotopic (exact) mass is 363 g/mol. The van der Waals surface area contributed by atoms with Crippen molar-refractivity contribution < 1.29 is 13.2 Å². The van der Waals surface area contributed by atoms with Crippen LogP contribution in [0.4, 0.5) is 13.2 Å². The largest absolute Gasteiger partial charge is 0.417 e. The van der Waals surface area contributed by atoms with Gasteiger partial charge in [0.15, 0.2) is 0 Å². The van der Waals surface area contributed by atoms with Crippen molar-refractivity contribution in [2.24, 2.45) is 0 Å². The lowest BCUT2D eigenvalue weighted by Gasteiger charge is -2.18. The second kappa shape index (κ2) is 5.87. The molecule has 0 amide bonds. The van der Waals surface area contributed by atoms with Crippen molar-refractivity contribution in [3.05, 3.63) is 55.7 Å². The van der Waals surface area contributed by atoms with E-state index in [1.54, 1.807) is 24.5 Å². The molecule has 1 heterocycles. The van der Waals surface area contributed by atoms with Gasteiger partial charge in [-0.3, -0.25) is 0 Å². The van der Waals surface area contributed by atoms with Crippen LogP contribution in [0.2, 0.25) is 0 Å². The fourth-order valence-electron chi connectivity index (χ4n) is 2.02. The van der Waals surface area contributed by atoms with Crippen LogP contribution in [-0.2, 0) is 6.18 Å². The van der Waals surface area contributed by atoms with Crippen LogP contribution in [0.25, 0.3) is 0 Å². The molecule has 0 radical (unpaired) electrons. The Balaban J connectivity index is 2.46. The molecule has 0 spiro atoms. The Bertz CT molecular complexity index is 607. The molecular formula is C14H13BrF3NS. The Morgan fingerprint density at radius 1 is 1.20 bits per heavy atom. The third kappa shape index (κ3) is 3.24. The summed E-state index contributed by atoms with van der Waals surface area (Å²) < 4.78 is 38.9. The molecule has 1 N–H and O–H groups in total. The zero-order valence-corrected chi connectivity index (χ0v) is 13.3. The fraction of sp³-hybridized carbons (Fsp3) is 0.286. The molecule has 6 heteroatoms. The zero-order chi connectivity index (χ0) is 14.9. The summed E-state index contributed by atoms with van der Waals surface area (Å²) in [6.45, 7) is 1.98. The highest BCUT2D eigenvalue weighted by molar-refractivity contribution is 9.10. The van der Waals surface area contributed by atoms with Gasteiger partial charge in [-0.1, -0.05) is 22.0 Å². The molecule has 108 valence electrons. The van der Waals surface area contributed by atoms with Gasteiger partial charge < -0.3 is 5.32 Å². The fourth-order valence-corrected chi connectivity index (χ4v) is 3.51. The Labute approximate surface area is 128 Å². The van der Waals surface area contributed by atoms with E-state index in [1.165, 1.54) is 12.1 Å². The van der Waals surface area contributed by atoms with Crippen molar-refractivity contribution in [2.75, 3.05) is 7.05 Å². The molecule has 2 aromatic rings. The van der Waals surface area contributed by atoms with E-state index in [4.69, 9.17) is 0 Å². The molecule has 0 bridgehead atoms. The lowest BCUT2D eigenvalue weighted by molar-refractivity contribution is -0.138. The van der Waals surface area contributed by atoms with Gasteiger partial charge in [0, 0.05) is 14.2 Å². The average molecular weight is 364 g/mol. The summed E-state index contributed by atoms with van der Waals surface area (Å²) in [5.41, 5.74) is -0.0478. The van der Waals surface area contributed by atoms with Gasteiger partial charge in [-0.25, -0.2) is 0 Å². The van der Waals surface area contributed by atoms with Crippen molar-refractivity contribution in [3.8, 4) is 0 Å². The molecule has 0 aliphatic rings. The number of thiophene rings is 1. The highest BCUT2D eigenvalue weighted by atomic mass is 79.9. The molecule has 0 fully saturated rings. The molecule has 1 nitrogen and oxygen atoms in total. The normalized spacial score (nSPS) is 13.5. The summed E-state index contributed by atoms with van der Waals surface area (Å²) in [5, 5.41) is 3.07. The number of benzene rings is 1. The topological polar surface area (TPSA) is 12.0 Å². The number of hydrogen-bond donors (Lipinski definition) is 1. The molecule has 0 saturated heterocycles. The van der Waals surface area contributed by atoms with Crippen LogP contribution >= 0.6 is 27.3 Å². The lowest BCUT2D eigenvalue weighted by atomic mass is 10.0. The summed E-state index contributed by atoms with van der Waals surface area (Å²) in [4.78, 5) is 2.13. The standard InChI is InChI=1S/C14H13BrF3NS/c1-8-3-6-12(20-8)13(19-2)9-4-5-11(15)10(7-9)14(16,17)18/h3-7,13,19H,1-2H3. The lowest BCUT2D eigenvalue weighted by Crippen LogP contribution is -2.17. The molecule has 2 rings (SSSR count). The Hall–Kier alpha value is -0.850. The molecule has 1 aromatic heterocycles. The molecule has 0 aliphatic carbocycles. The maximum atomic E-state index is 13.0. The number of alkyl halides is 3. The number of rotatable bonds is 3. The van der Waals surface area contributed by atoms with Gasteiger partial charge in [-0.05, 0) is 43.8 Å². The van der Waals surface area contributed by atoms with Crippen molar-refractivity contribution in [1.29, 1.82) is 0 Å². The van der Waals surface area contributed by atoms with Gasteiger partial charge >= 0.3 is 6.18 Å². The summed E-state index contributed by atoms with van der Waals surface area (Å²) in [6, 6.07) is 8.02. The molecular weight excluding hydrogens is 351 g/mol. The number of hydrogen-bond acceptors (Lipinski definition) is 2. The third-order valence-electron chi connectivity index (χ3n) is 2.96. The van der Waals surface area contributed by atoms with E-state index >= 15 is 0 Å². The average Bonchev–Trinajstić information content (AvgIpc) is 2.77. The zero-order valence-electron chi connectivity index (χ0n) is 10.9. The Morgan fingerprint density at radius 3 is 2.40 bits per heavy atom. The quantitative estimate of drug-likeness (QED) is 0.795. The number of halogens is 4. The van der Waals surface area contributed by atoms with Crippen LogP contribution in [-0.4, -0.2) is 7.05 Å². The van der Waals surface area contributed by atoms with Gasteiger partial charge in [0.2, 0.25) is 0 Å². The van der Waals surface area contributed by atoms with E-state index in [0.717, 1.165) is 9.75 Å². The molecule has 1 unspecified atom stereocenters. The summed E-state index contributed by atoms with van der Waals surface area (Å²) in [7, 11) is 1.75. The van der Waals surface area contributed by atoms with Gasteiger partial charge in [0.05, 0.1) is 11.6 Å². The smallest absolute Gasteiger partial charge is 0.309 e. The van der Waals surface area contributed by atoms with Crippen LogP contribution in [0, 0.1) is 6.92 Å². The summed E-state index contributed by atoms with van der Waals surface area (Å²) in [6.07, 6.45) is -4.36. The van der Waals surface area contributed by atoms with Gasteiger partial charge in [0.1, 0.15) is 0 Å². The third-order valence-corrected chi connectivity index (χ3v) is 4.72. The van der Waals surface area contributed by atoms with Crippen LogP contribution in [0.3, 0.4) is 0 Å². The first-order valence-electron chi connectivity index (χ1n) is 5.93. The van der Waals surface area contributed by atoms with E-state index in [-0.39, 0.29) is 10.5 Å². The minimum atomic E-state index is -4.36. The van der Waals surface area contributed by atoms with Crippen LogP contribution in [0.15, 0.2) is 34.8 Å². The molecule has 0 aliphatic heterocycles. The summed E-state index contributed by atoms with van der Waals surface area (Å²) >= 11 is 4.54. The van der Waals surface area contributed by atoms with Gasteiger partial charge in [-0.2, -0.15) is 13.2 Å². The van der Waals surface area contributed by atoms with E-state index in [1.807, 2.05) is 19.1 Å². The van der Waals surface area contributed by atoms with Crippen molar-refractivity contribution in [3.63, 3.8) is 0 Å². The van der Waals surface area contributed by atoms with Crippen LogP contribution in [0.5, 0.6) is 0 Å². The minimum Gasteiger partial charge on any atom is -0.309 e. The highest BCUT2D eigenvalue weighted by Crippen LogP contribution is 2.37. The maximum Gasteiger partial charge on any atom is 0.417 e. The van der Waals surface area contributed by atoms with E-state index in [2.05, 4.69) is 21.2 Å². The first-order valence-corrected chi connectivity index (χ1v) is 7.54. The number of aryl methyl sites for hydroxylation is 1. The van der Waals surface area contributed by atoms with Crippen molar-refractivity contribution >= 4 is 27.3 Å². The molecule has 0 saturated carbocycles. The Kier molecular flexibility index (Phi) is 4.56. The van der Waals surface area contributed by atoms with Crippen LogP contribution < -0.4 is 5.32 Å². The maximum absolute atomic E-state index is 13.0. The first-order chi connectivity index (χ1) is 9.32. The Morgan fingerprint density at radius 2 is 1.90 bits per heavy atom. The predicted molar refractivity (Wildman–Crippen MR) is 79.1 cm³/mol. The van der Waals surface area contributed by atoms with Crippen molar-refractivity contribution in [2.45, 2.75) is 19.1 Å². The first kappa shape index (κ1) is 15.5. The SMILES string of the molecule is CNC(c1ccc(Br)c(C(F)(F)F)c1)c1ccc(C)s1. The highest BCUT2D eigenvalue weighted by Gasteiger charge is 2.33. The summed E-state index contributed by atoms with van der Waals surface area (Å²) in [5.74, 6) is 0. The second-order valence-corrected chi connectivity index (χ2v) is 6.58. The predicted octanol–water partition coefficient (Wildman–Crippen LogP) is 5.15. The molecule has 1 aromatic carbocycles. The van der Waals surface area contributed by atoms with E-state index in [9.17, 15) is 13.2 Å². The van der Waals surface area contributed by atoms with Crippen molar-refractivity contribution in [1.82, 2.24) is 5.32 Å². The van der Waals surface area contributed by atoms with Gasteiger partial charge in [-0.15, -0.1) is 11.3 Å². The second-order valence-electron chi connectivity index (χ2n) is 4.41. The van der Waals surface area contributed by atoms with E-state index in [0.29, 0.717) is 5.56 Å². The molecule has 1 atom stereocenters. The van der Waals surface area contributed by atoms with Gasteiger partial charge in [0.25, 0.3) is 0 Å². The number of nitrogens with one attached hydrogen (secondary N) is 1.